The standard InChI is InChI=1S/C7H17N3O3Si/c1-7(6-9(2)10(11)12)8-13-14(3,4)5/h6H2,1-5H3/b8-7+. The molecule has 0 aliphatic rings. The van der Waals surface area contributed by atoms with Gasteiger partial charge in [0.25, 0.3) is 8.32 Å². The number of hydrazine groups is 1. The number of hydrogen-bond acceptors (Lipinski definition) is 4. The fraction of sp³-hybridized carbons (Fsp3) is 0.857. The predicted octanol–water partition coefficient (Wildman–Crippen LogP) is 1.34. The summed E-state index contributed by atoms with van der Waals surface area (Å²) in [6.07, 6.45) is 0. The molecule has 0 heterocycles. The molecular formula is C7H17N3O3Si. The van der Waals surface area contributed by atoms with Gasteiger partial charge in [-0.1, -0.05) is 0 Å². The summed E-state index contributed by atoms with van der Waals surface area (Å²) in [7, 11) is -0.278. The molecule has 0 atom stereocenters. The molecule has 0 aromatic carbocycles. The van der Waals surface area contributed by atoms with Crippen LogP contribution in [0.3, 0.4) is 0 Å². The highest BCUT2D eigenvalue weighted by Crippen LogP contribution is 2.03. The zero-order valence-corrected chi connectivity index (χ0v) is 10.3. The van der Waals surface area contributed by atoms with E-state index in [4.69, 9.17) is 4.53 Å². The van der Waals surface area contributed by atoms with E-state index in [2.05, 4.69) is 5.16 Å². The minimum absolute atomic E-state index is 0.178. The zero-order chi connectivity index (χ0) is 11.4. The van der Waals surface area contributed by atoms with Gasteiger partial charge in [0.1, 0.15) is 6.54 Å². The van der Waals surface area contributed by atoms with Crippen LogP contribution in [0.5, 0.6) is 0 Å². The molecule has 14 heavy (non-hydrogen) atoms. The molecule has 6 nitrogen and oxygen atoms in total. The summed E-state index contributed by atoms with van der Waals surface area (Å²) >= 11 is 0. The largest absolute Gasteiger partial charge is 0.456 e. The second-order valence-corrected chi connectivity index (χ2v) is 8.49. The van der Waals surface area contributed by atoms with E-state index in [1.54, 1.807) is 6.92 Å². The Morgan fingerprint density at radius 2 is 2.07 bits per heavy atom. The molecule has 0 unspecified atom stereocenters. The van der Waals surface area contributed by atoms with E-state index in [9.17, 15) is 10.1 Å². The maximum atomic E-state index is 10.3. The van der Waals surface area contributed by atoms with Crippen LogP contribution in [0.15, 0.2) is 5.16 Å². The van der Waals surface area contributed by atoms with E-state index in [0.717, 1.165) is 5.01 Å². The smallest absolute Gasteiger partial charge is 0.278 e. The van der Waals surface area contributed by atoms with Gasteiger partial charge >= 0.3 is 0 Å². The lowest BCUT2D eigenvalue weighted by atomic mass is 10.4. The first kappa shape index (κ1) is 12.9. The SMILES string of the molecule is C/C(CN(C)[N+](=O)[O-])=N\O[Si](C)(C)C. The van der Waals surface area contributed by atoms with Crippen molar-refractivity contribution in [1.29, 1.82) is 0 Å². The molecule has 0 rings (SSSR count). The van der Waals surface area contributed by atoms with Gasteiger partial charge in [0.2, 0.25) is 0 Å². The fourth-order valence-electron chi connectivity index (χ4n) is 0.633. The van der Waals surface area contributed by atoms with Crippen molar-refractivity contribution in [2.45, 2.75) is 26.6 Å². The maximum absolute atomic E-state index is 10.3. The Bertz CT molecular complexity index is 237. The van der Waals surface area contributed by atoms with Crippen LogP contribution < -0.4 is 0 Å². The number of hydrogen-bond donors (Lipinski definition) is 0. The van der Waals surface area contributed by atoms with Crippen molar-refractivity contribution in [1.82, 2.24) is 5.01 Å². The average Bonchev–Trinajstić information content (AvgIpc) is 1.99. The summed E-state index contributed by atoms with van der Waals surface area (Å²) in [5.41, 5.74) is 0.603. The van der Waals surface area contributed by atoms with E-state index in [1.165, 1.54) is 7.05 Å². The molecule has 0 bridgehead atoms. The van der Waals surface area contributed by atoms with Gasteiger partial charge in [0, 0.05) is 0 Å². The van der Waals surface area contributed by atoms with E-state index >= 15 is 0 Å². The molecular weight excluding hydrogens is 202 g/mol. The Hall–Kier alpha value is -1.11. The second kappa shape index (κ2) is 4.94. The summed E-state index contributed by atoms with van der Waals surface area (Å²) in [5, 5.41) is 14.6. The predicted molar refractivity (Wildman–Crippen MR) is 57.2 cm³/mol. The Morgan fingerprint density at radius 1 is 1.57 bits per heavy atom. The summed E-state index contributed by atoms with van der Waals surface area (Å²) in [6, 6.07) is 0. The quantitative estimate of drug-likeness (QED) is 0.303. The Balaban J connectivity index is 4.08. The van der Waals surface area contributed by atoms with E-state index in [1.807, 2.05) is 19.6 Å². The van der Waals surface area contributed by atoms with Gasteiger partial charge in [-0.3, -0.25) is 0 Å². The summed E-state index contributed by atoms with van der Waals surface area (Å²) in [4.78, 5) is 10.3. The molecule has 0 amide bonds. The Labute approximate surface area is 84.8 Å². The normalized spacial score (nSPS) is 12.5. The molecule has 7 heteroatoms. The van der Waals surface area contributed by atoms with Crippen LogP contribution in [0.2, 0.25) is 19.6 Å². The molecule has 0 spiro atoms. The first-order valence-corrected chi connectivity index (χ1v) is 7.70. The van der Waals surface area contributed by atoms with E-state index < -0.39 is 13.3 Å². The molecule has 0 aliphatic carbocycles. The van der Waals surface area contributed by atoms with Gasteiger partial charge in [-0.2, -0.15) is 0 Å². The second-order valence-electron chi connectivity index (χ2n) is 4.08. The van der Waals surface area contributed by atoms with Gasteiger partial charge in [0.15, 0.2) is 5.03 Å². The highest BCUT2D eigenvalue weighted by atomic mass is 28.4. The molecule has 0 saturated carbocycles. The molecule has 0 aliphatic heterocycles. The minimum Gasteiger partial charge on any atom is -0.456 e. The average molecular weight is 219 g/mol. The van der Waals surface area contributed by atoms with Crippen LogP contribution in [-0.2, 0) is 4.53 Å². The first-order valence-electron chi connectivity index (χ1n) is 4.29. The third-order valence-corrected chi connectivity index (χ3v) is 1.85. The third kappa shape index (κ3) is 6.41. The lowest BCUT2D eigenvalue weighted by Crippen LogP contribution is -2.31. The van der Waals surface area contributed by atoms with Gasteiger partial charge in [0.05, 0.1) is 12.8 Å². The van der Waals surface area contributed by atoms with Crippen LogP contribution >= 0.6 is 0 Å². The first-order chi connectivity index (χ1) is 6.22. The van der Waals surface area contributed by atoms with Crippen molar-refractivity contribution in [2.75, 3.05) is 13.6 Å². The van der Waals surface area contributed by atoms with Crippen LogP contribution in [0, 0.1) is 10.1 Å². The van der Waals surface area contributed by atoms with Crippen LogP contribution in [-0.4, -0.2) is 37.7 Å². The van der Waals surface area contributed by atoms with E-state index in [-0.39, 0.29) is 6.54 Å². The molecule has 0 N–H and O–H groups in total. The van der Waals surface area contributed by atoms with Crippen molar-refractivity contribution in [3.8, 4) is 0 Å². The topological polar surface area (TPSA) is 68.0 Å². The molecule has 0 aromatic heterocycles. The monoisotopic (exact) mass is 219 g/mol. The van der Waals surface area contributed by atoms with Gasteiger partial charge in [-0.05, 0) is 26.6 Å². The van der Waals surface area contributed by atoms with Crippen LogP contribution in [0.4, 0.5) is 0 Å². The highest BCUT2D eigenvalue weighted by molar-refractivity contribution is 6.69. The third-order valence-electron chi connectivity index (χ3n) is 1.21. The van der Waals surface area contributed by atoms with Gasteiger partial charge < -0.3 is 4.53 Å². The summed E-state index contributed by atoms with van der Waals surface area (Å²) in [6.45, 7) is 7.89. The number of nitro groups is 1. The van der Waals surface area contributed by atoms with Crippen molar-refractivity contribution >= 4 is 14.0 Å². The van der Waals surface area contributed by atoms with Gasteiger partial charge in [-0.25, -0.2) is 10.1 Å². The molecule has 0 saturated heterocycles. The molecule has 0 fully saturated rings. The lowest BCUT2D eigenvalue weighted by Gasteiger charge is -2.14. The minimum atomic E-state index is -1.67. The van der Waals surface area contributed by atoms with Crippen LogP contribution in [0.25, 0.3) is 0 Å². The van der Waals surface area contributed by atoms with Crippen LogP contribution in [0.1, 0.15) is 6.92 Å². The zero-order valence-electron chi connectivity index (χ0n) is 9.27. The lowest BCUT2D eigenvalue weighted by molar-refractivity contribution is -0.645. The highest BCUT2D eigenvalue weighted by Gasteiger charge is 2.16. The van der Waals surface area contributed by atoms with Crippen molar-refractivity contribution in [3.63, 3.8) is 0 Å². The van der Waals surface area contributed by atoms with Crippen molar-refractivity contribution in [3.05, 3.63) is 10.1 Å². The van der Waals surface area contributed by atoms with E-state index in [0.29, 0.717) is 5.71 Å². The number of oxime groups is 1. The fourth-order valence-corrected chi connectivity index (χ4v) is 1.06. The van der Waals surface area contributed by atoms with Gasteiger partial charge in [-0.15, -0.1) is 10.2 Å². The number of rotatable bonds is 5. The number of nitrogens with zero attached hydrogens (tertiary/aromatic N) is 3. The molecule has 82 valence electrons. The Morgan fingerprint density at radius 3 is 2.43 bits per heavy atom. The van der Waals surface area contributed by atoms with Crippen molar-refractivity contribution in [2.24, 2.45) is 5.16 Å². The van der Waals surface area contributed by atoms with Crippen molar-refractivity contribution < 1.29 is 9.56 Å². The maximum Gasteiger partial charge on any atom is 0.278 e. The summed E-state index contributed by atoms with van der Waals surface area (Å²) < 4.78 is 5.25. The molecule has 0 aromatic rings. The molecule has 0 radical (unpaired) electrons. The Kier molecular flexibility index (Phi) is 4.55. The summed E-state index contributed by atoms with van der Waals surface area (Å²) in [5.74, 6) is 0.